The Morgan fingerprint density at radius 3 is 1.75 bits per heavy atom. The second-order valence-electron chi connectivity index (χ2n) is 17.1. The minimum absolute atomic E-state index is 0.585. The molecule has 0 unspecified atom stereocenters. The molecule has 0 radical (unpaired) electrons. The third kappa shape index (κ3) is 5.73. The van der Waals surface area contributed by atoms with Gasteiger partial charge in [-0.2, -0.15) is 0 Å². The minimum Gasteiger partial charge on any atom is -0.135 e. The van der Waals surface area contributed by atoms with Crippen LogP contribution in [0, 0.1) is 0 Å². The van der Waals surface area contributed by atoms with Crippen LogP contribution in [0.4, 0.5) is 0 Å². The van der Waals surface area contributed by atoms with Gasteiger partial charge >= 0.3 is 0 Å². The largest absolute Gasteiger partial charge is 0.135 e. The molecule has 0 amide bonds. The van der Waals surface area contributed by atoms with Crippen LogP contribution in [0.2, 0.25) is 0 Å². The molecule has 1 aliphatic carbocycles. The van der Waals surface area contributed by atoms with Gasteiger partial charge in [0.1, 0.15) is 0 Å². The average Bonchev–Trinajstić information content (AvgIpc) is 4.02. The Morgan fingerprint density at radius 1 is 0.406 bits per heavy atom. The summed E-state index contributed by atoms with van der Waals surface area (Å²) in [7, 11) is 0. The molecule has 0 fully saturated rings. The molecule has 0 N–H and O–H groups in total. The normalized spacial score (nSPS) is 13.3. The van der Waals surface area contributed by atoms with Crippen molar-refractivity contribution in [2.45, 2.75) is 11.8 Å². The van der Waals surface area contributed by atoms with Gasteiger partial charge in [-0.1, -0.05) is 188 Å². The van der Waals surface area contributed by atoms with Crippen LogP contribution in [0.3, 0.4) is 0 Å². The summed E-state index contributed by atoms with van der Waals surface area (Å²) in [6.07, 6.45) is 3.30. The SMILES string of the molecule is C(=C(\Cc1ccccc1)c1cccc2sc3ccccc3c12)/c1ccc2c(c1)C(c1ccccc1)(c1ccccc1)c1cc(-c3ccc4sc5ccccc5c4c3)c3ccccc3c1-2. The molecule has 0 aliphatic heterocycles. The molecule has 0 atom stereocenters. The lowest BCUT2D eigenvalue weighted by atomic mass is 9.67. The van der Waals surface area contributed by atoms with Gasteiger partial charge in [0, 0.05) is 40.3 Å². The summed E-state index contributed by atoms with van der Waals surface area (Å²) in [4.78, 5) is 0. The lowest BCUT2D eigenvalue weighted by molar-refractivity contribution is 0.769. The van der Waals surface area contributed by atoms with E-state index in [2.05, 4.69) is 231 Å². The molecule has 0 nitrogen and oxygen atoms in total. The third-order valence-electron chi connectivity index (χ3n) is 13.6. The van der Waals surface area contributed by atoms with Gasteiger partial charge in [0.05, 0.1) is 5.41 Å². The molecular weight excluding hydrogens is 809 g/mol. The molecule has 13 rings (SSSR count). The van der Waals surface area contributed by atoms with Gasteiger partial charge in [0.2, 0.25) is 0 Å². The standard InChI is InChI=1S/C62H40S2/c1-4-17-40(18-5-1)35-43(46-27-16-30-59-61(46)51-26-13-15-29-57(51)64-59)36-41-31-33-50-54(37-41)62(44-19-6-2-7-20-44,45-21-8-3-9-22-45)55-39-52(47-23-10-11-25-49(47)60(50)55)42-32-34-58-53(38-42)48-24-12-14-28-56(48)63-58/h1-34,36-39H,35H2/b43-36-. The molecule has 10 aromatic carbocycles. The van der Waals surface area contributed by atoms with Gasteiger partial charge in [-0.15, -0.1) is 22.7 Å². The van der Waals surface area contributed by atoms with E-state index in [9.17, 15) is 0 Å². The van der Waals surface area contributed by atoms with Crippen molar-refractivity contribution < 1.29 is 0 Å². The molecular formula is C62H40S2. The highest BCUT2D eigenvalue weighted by atomic mass is 32.1. The minimum atomic E-state index is -0.585. The van der Waals surface area contributed by atoms with Crippen molar-refractivity contribution in [3.63, 3.8) is 0 Å². The highest BCUT2D eigenvalue weighted by molar-refractivity contribution is 7.26. The number of benzene rings is 10. The maximum absolute atomic E-state index is 2.55. The Balaban J connectivity index is 1.09. The van der Waals surface area contributed by atoms with Gasteiger partial charge in [-0.3, -0.25) is 0 Å². The Labute approximate surface area is 380 Å². The summed E-state index contributed by atoms with van der Waals surface area (Å²) < 4.78 is 5.29. The molecule has 0 saturated carbocycles. The summed E-state index contributed by atoms with van der Waals surface area (Å²) in [5, 5.41) is 7.85. The van der Waals surface area contributed by atoms with Crippen LogP contribution < -0.4 is 0 Å². The monoisotopic (exact) mass is 848 g/mol. The summed E-state index contributed by atoms with van der Waals surface area (Å²) >= 11 is 3.76. The first-order valence-electron chi connectivity index (χ1n) is 22.1. The van der Waals surface area contributed by atoms with E-state index in [1.807, 2.05) is 22.7 Å². The van der Waals surface area contributed by atoms with Crippen molar-refractivity contribution in [2.75, 3.05) is 0 Å². The zero-order valence-corrected chi connectivity index (χ0v) is 36.6. The fourth-order valence-corrected chi connectivity index (χ4v) is 13.1. The molecule has 0 spiro atoms. The van der Waals surface area contributed by atoms with E-state index < -0.39 is 5.41 Å². The van der Waals surface area contributed by atoms with Gasteiger partial charge in [0.25, 0.3) is 0 Å². The summed E-state index contributed by atoms with van der Waals surface area (Å²) in [5.74, 6) is 0. The van der Waals surface area contributed by atoms with Crippen molar-refractivity contribution in [1.29, 1.82) is 0 Å². The van der Waals surface area contributed by atoms with Gasteiger partial charge in [0.15, 0.2) is 0 Å². The second kappa shape index (κ2) is 14.9. The molecule has 300 valence electrons. The van der Waals surface area contributed by atoms with Gasteiger partial charge in [-0.05, 0) is 126 Å². The lowest BCUT2D eigenvalue weighted by Crippen LogP contribution is -2.28. The zero-order valence-electron chi connectivity index (χ0n) is 35.0. The molecule has 2 aromatic heterocycles. The Kier molecular flexibility index (Phi) is 8.66. The fourth-order valence-electron chi connectivity index (χ4n) is 10.9. The summed E-state index contributed by atoms with van der Waals surface area (Å²) in [6, 6.07) is 84.1. The maximum atomic E-state index is 2.55. The van der Waals surface area contributed by atoms with Crippen LogP contribution in [0.25, 0.3) is 85.0 Å². The fraction of sp³-hybridized carbons (Fsp3) is 0.0323. The van der Waals surface area contributed by atoms with Crippen molar-refractivity contribution in [2.24, 2.45) is 0 Å². The topological polar surface area (TPSA) is 0 Å². The number of fused-ring (bicyclic) bond motifs is 11. The maximum Gasteiger partial charge on any atom is 0.0714 e. The second-order valence-corrected chi connectivity index (χ2v) is 19.3. The number of hydrogen-bond acceptors (Lipinski definition) is 2. The summed E-state index contributed by atoms with van der Waals surface area (Å²) in [6.45, 7) is 0. The van der Waals surface area contributed by atoms with Crippen LogP contribution >= 0.6 is 22.7 Å². The predicted octanol–water partition coefficient (Wildman–Crippen LogP) is 17.4. The summed E-state index contributed by atoms with van der Waals surface area (Å²) in [5.41, 5.74) is 14.8. The first kappa shape index (κ1) is 37.2. The van der Waals surface area contributed by atoms with Crippen molar-refractivity contribution in [3.05, 3.63) is 263 Å². The lowest BCUT2D eigenvalue weighted by Gasteiger charge is -2.34. The molecule has 1 aliphatic rings. The van der Waals surface area contributed by atoms with E-state index in [4.69, 9.17) is 0 Å². The van der Waals surface area contributed by atoms with Crippen molar-refractivity contribution >= 4 is 85.4 Å². The first-order valence-corrected chi connectivity index (χ1v) is 23.7. The highest BCUT2D eigenvalue weighted by Gasteiger charge is 2.47. The van der Waals surface area contributed by atoms with Crippen LogP contribution in [-0.2, 0) is 11.8 Å². The van der Waals surface area contributed by atoms with Crippen LogP contribution in [0.1, 0.15) is 38.9 Å². The van der Waals surface area contributed by atoms with E-state index in [0.717, 1.165) is 6.42 Å². The molecule has 2 heterocycles. The first-order chi connectivity index (χ1) is 31.7. The van der Waals surface area contributed by atoms with E-state index in [-0.39, 0.29) is 0 Å². The Hall–Kier alpha value is -7.36. The van der Waals surface area contributed by atoms with Gasteiger partial charge < -0.3 is 0 Å². The van der Waals surface area contributed by atoms with E-state index in [0.29, 0.717) is 0 Å². The number of rotatable bonds is 7. The molecule has 12 aromatic rings. The molecule has 2 heteroatoms. The highest BCUT2D eigenvalue weighted by Crippen LogP contribution is 2.59. The Bertz CT molecular complexity index is 3750. The van der Waals surface area contributed by atoms with E-state index in [1.54, 1.807) is 0 Å². The van der Waals surface area contributed by atoms with Gasteiger partial charge in [-0.25, -0.2) is 0 Å². The van der Waals surface area contributed by atoms with Crippen LogP contribution in [0.15, 0.2) is 224 Å². The zero-order chi connectivity index (χ0) is 42.2. The third-order valence-corrected chi connectivity index (χ3v) is 15.9. The van der Waals surface area contributed by atoms with E-state index in [1.165, 1.54) is 118 Å². The quantitative estimate of drug-likeness (QED) is 0.140. The molecule has 0 saturated heterocycles. The van der Waals surface area contributed by atoms with Crippen molar-refractivity contribution in [3.8, 4) is 22.3 Å². The predicted molar refractivity (Wildman–Crippen MR) is 277 cm³/mol. The van der Waals surface area contributed by atoms with E-state index >= 15 is 0 Å². The number of thiophene rings is 2. The molecule has 0 bridgehead atoms. The Morgan fingerprint density at radius 2 is 1.00 bits per heavy atom. The number of hydrogen-bond donors (Lipinski definition) is 0. The molecule has 64 heavy (non-hydrogen) atoms. The van der Waals surface area contributed by atoms with Crippen molar-refractivity contribution in [1.82, 2.24) is 0 Å². The smallest absolute Gasteiger partial charge is 0.0714 e. The number of allylic oxidation sites excluding steroid dienone is 1. The average molecular weight is 849 g/mol. The van der Waals surface area contributed by atoms with Crippen LogP contribution in [-0.4, -0.2) is 0 Å². The van der Waals surface area contributed by atoms with Crippen LogP contribution in [0.5, 0.6) is 0 Å².